The minimum Gasteiger partial charge on any atom is -0.497 e. The molecule has 8 fully saturated rings. The Hall–Kier alpha value is -9.96. The molecule has 0 spiro atoms. The molecule has 8 aromatic heterocycles. The lowest BCUT2D eigenvalue weighted by Crippen LogP contribution is -2.56. The van der Waals surface area contributed by atoms with Gasteiger partial charge in [0.15, 0.2) is 0 Å². The molecule has 8 aliphatic heterocycles. The molecule has 16 rings (SSSR count). The zero-order chi connectivity index (χ0) is 105. The first-order valence-corrected chi connectivity index (χ1v) is 51.7. The lowest BCUT2D eigenvalue weighted by atomic mass is 10.1. The van der Waals surface area contributed by atoms with Gasteiger partial charge in [-0.1, -0.05) is 17.7 Å². The van der Waals surface area contributed by atoms with Crippen LogP contribution < -0.4 is 77.8 Å². The molecule has 144 heavy (non-hydrogen) atoms. The summed E-state index contributed by atoms with van der Waals surface area (Å²) in [4.78, 5) is 40.2. The number of pyridine rings is 5. The van der Waals surface area contributed by atoms with Gasteiger partial charge in [-0.15, -0.1) is 25.5 Å². The topological polar surface area (TPSA) is 369 Å². The number of nitrogens with zero attached hydrogens (tertiary/aromatic N) is 19. The van der Waals surface area contributed by atoms with E-state index in [-0.39, 0.29) is 84.6 Å². The summed E-state index contributed by atoms with van der Waals surface area (Å²) in [5.74, 6) is 8.72. The molecule has 0 aliphatic carbocycles. The van der Waals surface area contributed by atoms with Gasteiger partial charge < -0.3 is 102 Å². The maximum Gasteiger partial charge on any atom is 0.236 e. The fourth-order valence-electron chi connectivity index (χ4n) is 17.2. The van der Waals surface area contributed by atoms with Crippen molar-refractivity contribution >= 4 is 11.6 Å². The van der Waals surface area contributed by atoms with E-state index in [0.717, 1.165) is 185 Å². The molecule has 0 saturated carbocycles. The molecule has 16 heterocycles. The quantitative estimate of drug-likeness (QED) is 0.0392. The molecule has 8 saturated heterocycles. The van der Waals surface area contributed by atoms with E-state index in [0.29, 0.717) is 106 Å². The number of hydrogen-bond donors (Lipinski definition) is 3. The maximum absolute atomic E-state index is 8.68. The highest BCUT2D eigenvalue weighted by Gasteiger charge is 2.40. The number of nitrogens with two attached hydrogens (primary N) is 2. The van der Waals surface area contributed by atoms with Gasteiger partial charge in [0.2, 0.25) is 58.8 Å². The van der Waals surface area contributed by atoms with Gasteiger partial charge >= 0.3 is 0 Å². The predicted octanol–water partition coefficient (Wildman–Crippen LogP) is 14.3. The number of aromatic nitrogens is 11. The van der Waals surface area contributed by atoms with E-state index in [1.165, 1.54) is 0 Å². The lowest BCUT2D eigenvalue weighted by Gasteiger charge is -2.41. The molecule has 0 radical (unpaired) electrons. The number of methoxy groups -OCH3 is 5. The normalized spacial score (nSPS) is 20.1. The molecule has 8 aliphatic rings. The Morgan fingerprint density at radius 2 is 0.764 bits per heavy atom. The summed E-state index contributed by atoms with van der Waals surface area (Å²) in [6, 6.07) is 30.6. The number of piperidine rings is 4. The Balaban J connectivity index is 0.000000184. The standard InChI is InChI=1S/C15H24N2O3.C14H21ClN2O2.C14H23N3O2.C14H22N2O2.C13H22N4O2.C13H21N3O.C12H19N3O.C12H18N2O2/c1-12(2)17-7-5-13(6-8-17)20-14-3-4-15(16-11-14)19-10-9-18;1-14(2,3)17-6-5-10(9-17)19-11-7-12(15)13(18-4)16-8-11;1-10(2)17-7-5-12(6-8-17)19-13-9-11(3)14(18-4)16-15-13;1-11(2)16-8-5-12(6-9-16)18-14-10-13(17-3)4-7-15-14;1-13(2,3)17-7-9(14)10(8-17)19-12-6-5-11(18-4)15-16-12;1-13(2,3)16-8-10(14)11(9-16)17-12-6-4-5-7-15-12;1-10(2)15-8-5-11(6-9-15)16-12-4-3-7-13-14-12;1-9(2)14-7-11(8-14)16-12-6-10(15-3)4-5-13-12/h3-4,11-13,18H,5-10H2,1-2H3;7-8,10H,5-6,9H2,1-4H3;9-10,12H,5-8H2,1-4H3;4,7,10-12H,5-6,8-9H2,1-3H3;5-6,9-10H,7-8,14H2,1-4H3;4-7,10-11H,8-9,14H2,1-3H3;3-4,7,10-11H,5-6,8-9H2,1-2H3;4-6,9,11H,7-8H2,1-3H3. The summed E-state index contributed by atoms with van der Waals surface area (Å²) >= 11 is 6.04. The number of rotatable bonds is 29. The van der Waals surface area contributed by atoms with Crippen molar-refractivity contribution in [1.82, 2.24) is 94.7 Å². The lowest BCUT2D eigenvalue weighted by molar-refractivity contribution is -0.00238. The number of halogens is 1. The van der Waals surface area contributed by atoms with E-state index >= 15 is 0 Å². The molecule has 0 bridgehead atoms. The second kappa shape index (κ2) is 59.1. The maximum atomic E-state index is 8.68. The van der Waals surface area contributed by atoms with Gasteiger partial charge in [0.25, 0.3) is 0 Å². The van der Waals surface area contributed by atoms with Crippen LogP contribution >= 0.6 is 11.6 Å². The summed E-state index contributed by atoms with van der Waals surface area (Å²) in [5, 5.41) is 32.8. The highest BCUT2D eigenvalue weighted by molar-refractivity contribution is 6.31. The highest BCUT2D eigenvalue weighted by atomic mass is 35.5. The van der Waals surface area contributed by atoms with Crippen LogP contribution in [0.25, 0.3) is 0 Å². The summed E-state index contributed by atoms with van der Waals surface area (Å²) in [6.45, 7) is 60.4. The molecule has 5 unspecified atom stereocenters. The monoisotopic (exact) mass is 2020 g/mol. The van der Waals surface area contributed by atoms with Crippen LogP contribution in [-0.4, -0.2) is 361 Å². The van der Waals surface area contributed by atoms with Gasteiger partial charge in [-0.25, -0.2) is 24.9 Å². The fourth-order valence-corrected chi connectivity index (χ4v) is 17.4. The number of hydrogen-bond acceptors (Lipinski definition) is 36. The van der Waals surface area contributed by atoms with E-state index in [1.54, 1.807) is 97.0 Å². The Labute approximate surface area is 862 Å². The van der Waals surface area contributed by atoms with E-state index in [4.69, 9.17) is 94.5 Å². The van der Waals surface area contributed by atoms with Gasteiger partial charge in [-0.2, -0.15) is 5.10 Å². The first-order chi connectivity index (χ1) is 68.7. The number of ether oxygens (including phenoxy) is 14. The third-order valence-corrected chi connectivity index (χ3v) is 26.6. The molecule has 5 atom stereocenters. The second-order valence-corrected chi connectivity index (χ2v) is 42.1. The van der Waals surface area contributed by atoms with Gasteiger partial charge in [-0.3, -0.25) is 19.6 Å². The van der Waals surface area contributed by atoms with E-state index in [1.807, 2.05) is 73.7 Å². The highest BCUT2D eigenvalue weighted by Crippen LogP contribution is 2.33. The third-order valence-electron chi connectivity index (χ3n) is 26.4. The van der Waals surface area contributed by atoms with Crippen molar-refractivity contribution in [2.75, 3.05) is 153 Å². The summed E-state index contributed by atoms with van der Waals surface area (Å²) in [5.41, 5.74) is 13.6. The van der Waals surface area contributed by atoms with Crippen LogP contribution in [0.4, 0.5) is 0 Å². The van der Waals surface area contributed by atoms with Crippen LogP contribution in [0, 0.1) is 6.92 Å². The first-order valence-electron chi connectivity index (χ1n) is 51.3. The van der Waals surface area contributed by atoms with Gasteiger partial charge in [0, 0.05) is 236 Å². The van der Waals surface area contributed by atoms with Crippen LogP contribution in [0.1, 0.15) is 195 Å². The van der Waals surface area contributed by atoms with E-state index in [2.05, 4.69) is 226 Å². The van der Waals surface area contributed by atoms with Crippen LogP contribution in [0.5, 0.6) is 81.8 Å². The van der Waals surface area contributed by atoms with Crippen LogP contribution in [-0.2, 0) is 0 Å². The number of aliphatic hydroxyl groups excluding tert-OH is 1. The summed E-state index contributed by atoms with van der Waals surface area (Å²) < 4.78 is 77.5. The van der Waals surface area contributed by atoms with Crippen LogP contribution in [0.3, 0.4) is 0 Å². The Morgan fingerprint density at radius 3 is 1.17 bits per heavy atom. The molecule has 8 aromatic rings. The number of aliphatic hydroxyl groups is 1. The Kier molecular flexibility index (Phi) is 48.3. The average molecular weight is 2030 g/mol. The van der Waals surface area contributed by atoms with Crippen LogP contribution in [0.2, 0.25) is 5.02 Å². The molecule has 800 valence electrons. The van der Waals surface area contributed by atoms with Crippen molar-refractivity contribution in [3.8, 4) is 81.8 Å². The largest absolute Gasteiger partial charge is 0.497 e. The van der Waals surface area contributed by atoms with Gasteiger partial charge in [-0.05, 0) is 227 Å². The van der Waals surface area contributed by atoms with Crippen molar-refractivity contribution in [2.24, 2.45) is 11.5 Å². The third kappa shape index (κ3) is 40.4. The molecule has 0 aromatic carbocycles. The number of aryl methyl sites for hydroxylation is 1. The Morgan fingerprint density at radius 1 is 0.340 bits per heavy atom. The smallest absolute Gasteiger partial charge is 0.236 e. The zero-order valence-electron chi connectivity index (χ0n) is 90.6. The average Bonchev–Trinajstić information content (AvgIpc) is 1.71. The van der Waals surface area contributed by atoms with Crippen molar-refractivity contribution in [3.05, 3.63) is 139 Å². The minimum atomic E-state index is -0.0538. The number of likely N-dealkylation sites (tertiary alicyclic amines) is 8. The summed E-state index contributed by atoms with van der Waals surface area (Å²) in [6.07, 6.45) is 21.2. The molecule has 0 amide bonds. The molecule has 5 N–H and O–H groups in total. The molecule has 37 heteroatoms. The fraction of sp³-hybridized carbons (Fsp3) is 0.654. The first kappa shape index (κ1) is 118. The van der Waals surface area contributed by atoms with Crippen molar-refractivity contribution in [2.45, 2.75) is 304 Å². The zero-order valence-corrected chi connectivity index (χ0v) is 91.3. The SMILES string of the molecule is CC(C)(C)N1CC(N)C(Oc2ccccn2)C1.CC(C)N1CCC(Oc2ccc(OCCO)nc2)CC1.CC(C)N1CCC(Oc2cccnn2)CC1.COc1ccc(OC2CN(C(C)(C)C)CC2N)nn1.COc1ccnc(OC2CCN(C(C)C)CC2)c1.COc1ccnc(OC2CN(C(C)C)C2)c1.COc1ncc(OC2CCN(C(C)(C)C)C2)cc1Cl.COc1nnc(OC2CCN(C(C)C)CC2)cc1C. The molecular formula is C107H170ClN21O15. The predicted molar refractivity (Wildman–Crippen MR) is 563 cm³/mol. The van der Waals surface area contributed by atoms with Gasteiger partial charge in [0.1, 0.15) is 83.5 Å². The van der Waals surface area contributed by atoms with Crippen LogP contribution in [0.15, 0.2) is 128 Å². The second-order valence-electron chi connectivity index (χ2n) is 41.7. The van der Waals surface area contributed by atoms with E-state index in [9.17, 15) is 0 Å². The minimum absolute atomic E-state index is 0.00560. The summed E-state index contributed by atoms with van der Waals surface area (Å²) in [7, 11) is 7.99. The van der Waals surface area contributed by atoms with Crippen molar-refractivity contribution in [1.29, 1.82) is 0 Å². The Bertz CT molecular complexity index is 4870. The van der Waals surface area contributed by atoms with Crippen molar-refractivity contribution in [3.63, 3.8) is 0 Å². The molecule has 36 nitrogen and oxygen atoms in total. The van der Waals surface area contributed by atoms with Crippen molar-refractivity contribution < 1.29 is 71.4 Å². The van der Waals surface area contributed by atoms with Gasteiger partial charge in [0.05, 0.1) is 66.6 Å². The molecular weight excluding hydrogens is 1850 g/mol. The van der Waals surface area contributed by atoms with E-state index < -0.39 is 0 Å².